The van der Waals surface area contributed by atoms with E-state index in [0.717, 1.165) is 21.9 Å². The van der Waals surface area contributed by atoms with Crippen molar-refractivity contribution in [2.75, 3.05) is 29.1 Å². The SMILES string of the molecule is Fc1ccc2nc(NCC3CSCCS3)sc2c1. The highest BCUT2D eigenvalue weighted by atomic mass is 32.2. The van der Waals surface area contributed by atoms with Crippen LogP contribution in [0.2, 0.25) is 0 Å². The zero-order valence-electron chi connectivity index (χ0n) is 9.69. The van der Waals surface area contributed by atoms with Crippen molar-refractivity contribution in [1.29, 1.82) is 0 Å². The number of hydrogen-bond acceptors (Lipinski definition) is 5. The van der Waals surface area contributed by atoms with E-state index < -0.39 is 0 Å². The van der Waals surface area contributed by atoms with E-state index in [0.29, 0.717) is 5.25 Å². The second-order valence-corrected chi connectivity index (χ2v) is 7.67. The first kappa shape index (κ1) is 12.6. The Bertz CT molecular complexity index is 537. The number of nitrogens with one attached hydrogen (secondary N) is 1. The molecule has 1 aliphatic rings. The second kappa shape index (κ2) is 5.67. The molecular weight excluding hydrogens is 287 g/mol. The summed E-state index contributed by atoms with van der Waals surface area (Å²) in [4.78, 5) is 4.46. The number of rotatable bonds is 3. The Morgan fingerprint density at radius 3 is 3.17 bits per heavy atom. The lowest BCUT2D eigenvalue weighted by atomic mass is 10.3. The van der Waals surface area contributed by atoms with E-state index in [9.17, 15) is 4.39 Å². The molecule has 1 saturated heterocycles. The molecular formula is C12H13FN2S3. The number of thioether (sulfide) groups is 2. The molecule has 0 saturated carbocycles. The number of aromatic nitrogens is 1. The van der Waals surface area contributed by atoms with Crippen LogP contribution in [0.25, 0.3) is 10.2 Å². The van der Waals surface area contributed by atoms with Gasteiger partial charge in [0.25, 0.3) is 0 Å². The minimum atomic E-state index is -0.197. The van der Waals surface area contributed by atoms with E-state index in [-0.39, 0.29) is 5.82 Å². The highest BCUT2D eigenvalue weighted by Crippen LogP contribution is 2.28. The topological polar surface area (TPSA) is 24.9 Å². The van der Waals surface area contributed by atoms with Crippen LogP contribution < -0.4 is 5.32 Å². The van der Waals surface area contributed by atoms with Gasteiger partial charge in [-0.2, -0.15) is 23.5 Å². The minimum Gasteiger partial charge on any atom is -0.360 e. The largest absolute Gasteiger partial charge is 0.360 e. The molecule has 0 spiro atoms. The van der Waals surface area contributed by atoms with Crippen molar-refractivity contribution in [2.24, 2.45) is 0 Å². The number of halogens is 1. The molecule has 1 N–H and O–H groups in total. The summed E-state index contributed by atoms with van der Waals surface area (Å²) in [7, 11) is 0. The van der Waals surface area contributed by atoms with Crippen LogP contribution in [-0.2, 0) is 0 Å². The summed E-state index contributed by atoms with van der Waals surface area (Å²) in [5.41, 5.74) is 0.870. The van der Waals surface area contributed by atoms with Crippen LogP contribution in [-0.4, -0.2) is 34.0 Å². The van der Waals surface area contributed by atoms with Crippen LogP contribution in [0, 0.1) is 5.82 Å². The molecule has 1 atom stereocenters. The van der Waals surface area contributed by atoms with Gasteiger partial charge in [0.2, 0.25) is 0 Å². The quantitative estimate of drug-likeness (QED) is 0.934. The molecule has 2 aromatic rings. The van der Waals surface area contributed by atoms with E-state index in [2.05, 4.69) is 10.3 Å². The lowest BCUT2D eigenvalue weighted by Crippen LogP contribution is -2.23. The molecule has 1 aliphatic heterocycles. The van der Waals surface area contributed by atoms with Gasteiger partial charge in [0.1, 0.15) is 5.82 Å². The molecule has 1 aromatic heterocycles. The van der Waals surface area contributed by atoms with E-state index in [1.165, 1.54) is 34.7 Å². The van der Waals surface area contributed by atoms with Crippen molar-refractivity contribution in [3.8, 4) is 0 Å². The van der Waals surface area contributed by atoms with E-state index in [1.807, 2.05) is 23.5 Å². The highest BCUT2D eigenvalue weighted by Gasteiger charge is 2.14. The third-order valence-corrected chi connectivity index (χ3v) is 6.54. The molecule has 2 nitrogen and oxygen atoms in total. The molecule has 1 unspecified atom stereocenters. The number of benzene rings is 1. The van der Waals surface area contributed by atoms with Crippen molar-refractivity contribution in [2.45, 2.75) is 5.25 Å². The fraction of sp³-hybridized carbons (Fsp3) is 0.417. The maximum atomic E-state index is 13.1. The predicted octanol–water partition coefficient (Wildman–Crippen LogP) is 3.70. The fourth-order valence-corrected chi connectivity index (χ4v) is 5.34. The van der Waals surface area contributed by atoms with Gasteiger partial charge in [-0.25, -0.2) is 9.37 Å². The maximum absolute atomic E-state index is 13.1. The van der Waals surface area contributed by atoms with Crippen LogP contribution in [0.15, 0.2) is 18.2 Å². The summed E-state index contributed by atoms with van der Waals surface area (Å²) in [6, 6.07) is 4.74. The smallest absolute Gasteiger partial charge is 0.183 e. The molecule has 6 heteroatoms. The van der Waals surface area contributed by atoms with Gasteiger partial charge < -0.3 is 5.32 Å². The van der Waals surface area contributed by atoms with Gasteiger partial charge in [-0.3, -0.25) is 0 Å². The highest BCUT2D eigenvalue weighted by molar-refractivity contribution is 8.06. The number of anilines is 1. The summed E-state index contributed by atoms with van der Waals surface area (Å²) < 4.78 is 14.0. The summed E-state index contributed by atoms with van der Waals surface area (Å²) in [5.74, 6) is 3.51. The first-order valence-electron chi connectivity index (χ1n) is 5.80. The zero-order valence-corrected chi connectivity index (χ0v) is 12.1. The van der Waals surface area contributed by atoms with Crippen LogP contribution >= 0.6 is 34.9 Å². The lowest BCUT2D eigenvalue weighted by Gasteiger charge is -2.20. The molecule has 0 radical (unpaired) electrons. The first-order valence-corrected chi connectivity index (χ1v) is 8.82. The maximum Gasteiger partial charge on any atom is 0.183 e. The van der Waals surface area contributed by atoms with Crippen LogP contribution in [0.1, 0.15) is 0 Å². The second-order valence-electron chi connectivity index (χ2n) is 4.08. The summed E-state index contributed by atoms with van der Waals surface area (Å²) in [5, 5.41) is 4.93. The average molecular weight is 300 g/mol. The van der Waals surface area contributed by atoms with Crippen LogP contribution in [0.5, 0.6) is 0 Å². The molecule has 0 amide bonds. The number of hydrogen-bond donors (Lipinski definition) is 1. The Morgan fingerprint density at radius 1 is 1.39 bits per heavy atom. The van der Waals surface area contributed by atoms with Gasteiger partial charge in [-0.1, -0.05) is 11.3 Å². The third kappa shape index (κ3) is 2.92. The Hall–Kier alpha value is -0.460. The van der Waals surface area contributed by atoms with Gasteiger partial charge in [0, 0.05) is 29.1 Å². The number of thiazole rings is 1. The van der Waals surface area contributed by atoms with Crippen LogP contribution in [0.3, 0.4) is 0 Å². The summed E-state index contributed by atoms with van der Waals surface area (Å²) >= 11 is 5.56. The lowest BCUT2D eigenvalue weighted by molar-refractivity contribution is 0.630. The molecule has 3 rings (SSSR count). The van der Waals surface area contributed by atoms with E-state index in [4.69, 9.17) is 0 Å². The fourth-order valence-electron chi connectivity index (χ4n) is 1.83. The van der Waals surface area contributed by atoms with Gasteiger partial charge >= 0.3 is 0 Å². The zero-order chi connectivity index (χ0) is 12.4. The molecule has 96 valence electrons. The van der Waals surface area contributed by atoms with Gasteiger partial charge in [-0.15, -0.1) is 0 Å². The molecule has 0 aliphatic carbocycles. The third-order valence-electron chi connectivity index (χ3n) is 2.72. The Labute approximate surface area is 118 Å². The molecule has 18 heavy (non-hydrogen) atoms. The van der Waals surface area contributed by atoms with Gasteiger partial charge in [0.05, 0.1) is 10.2 Å². The molecule has 0 bridgehead atoms. The standard InChI is InChI=1S/C12H13FN2S3/c13-8-1-2-10-11(5-8)18-12(15-10)14-6-9-7-16-3-4-17-9/h1-2,5,9H,3-4,6-7H2,(H,14,15). The van der Waals surface area contributed by atoms with Crippen molar-refractivity contribution in [3.63, 3.8) is 0 Å². The first-order chi connectivity index (χ1) is 8.81. The predicted molar refractivity (Wildman–Crippen MR) is 81.6 cm³/mol. The van der Waals surface area contributed by atoms with Crippen LogP contribution in [0.4, 0.5) is 9.52 Å². The number of fused-ring (bicyclic) bond motifs is 1. The van der Waals surface area contributed by atoms with Crippen molar-refractivity contribution in [1.82, 2.24) is 4.98 Å². The molecule has 1 fully saturated rings. The Balaban J connectivity index is 1.67. The summed E-state index contributed by atoms with van der Waals surface area (Å²) in [6.07, 6.45) is 0. The van der Waals surface area contributed by atoms with E-state index >= 15 is 0 Å². The monoisotopic (exact) mass is 300 g/mol. The van der Waals surface area contributed by atoms with Gasteiger partial charge in [-0.05, 0) is 18.2 Å². The Morgan fingerprint density at radius 2 is 2.33 bits per heavy atom. The van der Waals surface area contributed by atoms with E-state index in [1.54, 1.807) is 12.1 Å². The van der Waals surface area contributed by atoms with Crippen molar-refractivity contribution in [3.05, 3.63) is 24.0 Å². The van der Waals surface area contributed by atoms with Gasteiger partial charge in [0.15, 0.2) is 5.13 Å². The molecule has 2 heterocycles. The number of nitrogens with zero attached hydrogens (tertiary/aromatic N) is 1. The summed E-state index contributed by atoms with van der Waals surface area (Å²) in [6.45, 7) is 0.944. The average Bonchev–Trinajstić information content (AvgIpc) is 2.79. The Kier molecular flexibility index (Phi) is 3.96. The normalized spacial score (nSPS) is 20.2. The minimum absolute atomic E-state index is 0.197. The molecule has 1 aromatic carbocycles. The van der Waals surface area contributed by atoms with Crippen molar-refractivity contribution >= 4 is 50.2 Å². The van der Waals surface area contributed by atoms with Crippen molar-refractivity contribution < 1.29 is 4.39 Å².